The Labute approximate surface area is 234 Å². The number of halogens is 2. The highest BCUT2D eigenvalue weighted by molar-refractivity contribution is 6.30. The summed E-state index contributed by atoms with van der Waals surface area (Å²) in [5.74, 6) is 1.28. The Bertz CT molecular complexity index is 1300. The fourth-order valence-corrected chi connectivity index (χ4v) is 8.00. The van der Waals surface area contributed by atoms with E-state index in [4.69, 9.17) is 16.3 Å². The molecule has 3 aliphatic carbocycles. The van der Waals surface area contributed by atoms with Gasteiger partial charge in [-0.2, -0.15) is 0 Å². The van der Waals surface area contributed by atoms with Gasteiger partial charge in [-0.15, -0.1) is 12.4 Å². The van der Waals surface area contributed by atoms with Crippen LogP contribution in [-0.4, -0.2) is 69.8 Å². The summed E-state index contributed by atoms with van der Waals surface area (Å²) < 4.78 is 6.60. The lowest BCUT2D eigenvalue weighted by molar-refractivity contribution is -0.200. The van der Waals surface area contributed by atoms with E-state index in [2.05, 4.69) is 4.90 Å². The van der Waals surface area contributed by atoms with Crippen molar-refractivity contribution in [2.45, 2.75) is 67.7 Å². The summed E-state index contributed by atoms with van der Waals surface area (Å²) in [6, 6.07) is 10.9. The van der Waals surface area contributed by atoms with Crippen molar-refractivity contribution in [3.05, 3.63) is 64.2 Å². The normalized spacial score (nSPS) is 32.9. The third kappa shape index (κ3) is 3.64. The molecule has 2 bridgehead atoms. The molecule has 0 radical (unpaired) electrons. The van der Waals surface area contributed by atoms with Crippen LogP contribution >= 0.6 is 24.0 Å². The van der Waals surface area contributed by atoms with Gasteiger partial charge in [-0.3, -0.25) is 9.69 Å². The van der Waals surface area contributed by atoms with Crippen molar-refractivity contribution >= 4 is 36.0 Å². The van der Waals surface area contributed by atoms with Gasteiger partial charge in [-0.05, 0) is 86.4 Å². The van der Waals surface area contributed by atoms with Crippen LogP contribution in [-0.2, 0) is 16.6 Å². The largest absolute Gasteiger partial charge is 0.504 e. The van der Waals surface area contributed by atoms with Gasteiger partial charge >= 0.3 is 0 Å². The number of carbonyl (C=O) groups excluding carboxylic acids is 1. The van der Waals surface area contributed by atoms with Gasteiger partial charge in [0.2, 0.25) is 5.91 Å². The number of likely N-dealkylation sites (tertiary alicyclic amines) is 1. The molecule has 1 saturated heterocycles. The van der Waals surface area contributed by atoms with Gasteiger partial charge in [-0.1, -0.05) is 29.8 Å². The highest BCUT2D eigenvalue weighted by Gasteiger charge is 2.73. The first-order valence-corrected chi connectivity index (χ1v) is 13.9. The molecule has 1 amide bonds. The molecule has 2 aliphatic heterocycles. The zero-order chi connectivity index (χ0) is 25.5. The molecule has 7 rings (SSSR count). The number of phenolic OH excluding ortho intramolecular Hbond substituents is 1. The molecule has 2 aromatic carbocycles. The van der Waals surface area contributed by atoms with Crippen LogP contribution < -0.4 is 4.74 Å². The maximum Gasteiger partial charge on any atom is 0.246 e. The van der Waals surface area contributed by atoms with Crippen molar-refractivity contribution < 1.29 is 19.7 Å². The molecule has 2 N–H and O–H groups in total. The zero-order valence-electron chi connectivity index (χ0n) is 21.5. The van der Waals surface area contributed by atoms with Crippen LogP contribution in [0.25, 0.3) is 6.08 Å². The van der Waals surface area contributed by atoms with Crippen molar-refractivity contribution in [2.24, 2.45) is 5.92 Å². The van der Waals surface area contributed by atoms with Crippen LogP contribution in [0.1, 0.15) is 48.8 Å². The van der Waals surface area contributed by atoms with E-state index in [1.165, 1.54) is 18.4 Å². The summed E-state index contributed by atoms with van der Waals surface area (Å²) in [6.07, 6.45) is 8.35. The minimum absolute atomic E-state index is 0. The van der Waals surface area contributed by atoms with Gasteiger partial charge in [0, 0.05) is 36.3 Å². The molecule has 2 saturated carbocycles. The predicted octanol–water partition coefficient (Wildman–Crippen LogP) is 4.57. The number of rotatable bonds is 5. The van der Waals surface area contributed by atoms with Crippen molar-refractivity contribution in [3.63, 3.8) is 0 Å². The fourth-order valence-electron chi connectivity index (χ4n) is 7.87. The monoisotopic (exact) mass is 556 g/mol. The molecular formula is C30H34Cl2N2O4. The van der Waals surface area contributed by atoms with Gasteiger partial charge in [0.05, 0.1) is 17.1 Å². The Morgan fingerprint density at radius 3 is 2.68 bits per heavy atom. The van der Waals surface area contributed by atoms with Crippen molar-refractivity contribution in [2.75, 3.05) is 20.1 Å². The number of ether oxygens (including phenoxy) is 1. The molecule has 6 nitrogen and oxygen atoms in total. The standard InChI is InChI=1S/C30H33ClN2O4.ClH/c1-32(25(35)11-6-18-4-8-21(31)9-5-18)22-12-13-30(36)24-16-20-7-10-23(34)27-26(20)29(30,28(22)37-27)14-15-33(24)17-19-2-3-19;/h4-11,19,22,24,28,34,36H,2-3,12-17H2,1H3;1H/t22-,24-,28+,29+,30-;/m1./s1. The summed E-state index contributed by atoms with van der Waals surface area (Å²) in [5, 5.41) is 24.1. The predicted molar refractivity (Wildman–Crippen MR) is 149 cm³/mol. The van der Waals surface area contributed by atoms with E-state index in [-0.39, 0.29) is 36.1 Å². The number of carbonyl (C=O) groups is 1. The summed E-state index contributed by atoms with van der Waals surface area (Å²) in [4.78, 5) is 17.6. The fraction of sp³-hybridized carbons (Fsp3) is 0.500. The molecule has 3 fully saturated rings. The molecule has 1 spiro atoms. The van der Waals surface area contributed by atoms with Crippen LogP contribution in [0, 0.1) is 5.92 Å². The smallest absolute Gasteiger partial charge is 0.246 e. The van der Waals surface area contributed by atoms with Gasteiger partial charge < -0.3 is 19.8 Å². The second-order valence-electron chi connectivity index (χ2n) is 11.7. The second kappa shape index (κ2) is 9.16. The van der Waals surface area contributed by atoms with Crippen LogP contribution in [0.5, 0.6) is 11.5 Å². The van der Waals surface area contributed by atoms with Crippen molar-refractivity contribution in [1.29, 1.82) is 0 Å². The van der Waals surface area contributed by atoms with E-state index in [0.29, 0.717) is 23.6 Å². The van der Waals surface area contributed by atoms with Crippen LogP contribution in [0.2, 0.25) is 5.02 Å². The minimum atomic E-state index is -0.948. The number of piperidine rings is 1. The first kappa shape index (κ1) is 26.0. The van der Waals surface area contributed by atoms with Gasteiger partial charge in [0.25, 0.3) is 0 Å². The number of amides is 1. The van der Waals surface area contributed by atoms with Crippen LogP contribution in [0.3, 0.4) is 0 Å². The summed E-state index contributed by atoms with van der Waals surface area (Å²) in [5.41, 5.74) is 1.49. The molecule has 202 valence electrons. The molecule has 0 unspecified atom stereocenters. The first-order valence-electron chi connectivity index (χ1n) is 13.5. The first-order chi connectivity index (χ1) is 17.8. The number of hydrogen-bond acceptors (Lipinski definition) is 5. The number of aliphatic hydroxyl groups is 1. The third-order valence-electron chi connectivity index (χ3n) is 9.86. The Kier molecular flexibility index (Phi) is 6.26. The highest BCUT2D eigenvalue weighted by atomic mass is 35.5. The van der Waals surface area contributed by atoms with Gasteiger partial charge in [0.1, 0.15) is 6.10 Å². The maximum absolute atomic E-state index is 13.3. The quantitative estimate of drug-likeness (QED) is 0.527. The Balaban J connectivity index is 0.00000264. The lowest BCUT2D eigenvalue weighted by Gasteiger charge is -2.64. The lowest BCUT2D eigenvalue weighted by atomic mass is 9.48. The van der Waals surface area contributed by atoms with Gasteiger partial charge in [-0.25, -0.2) is 0 Å². The topological polar surface area (TPSA) is 73.2 Å². The van der Waals surface area contributed by atoms with E-state index in [1.54, 1.807) is 35.3 Å². The summed E-state index contributed by atoms with van der Waals surface area (Å²) in [7, 11) is 1.83. The maximum atomic E-state index is 13.3. The Hall–Kier alpha value is -2.25. The molecule has 5 aliphatic rings. The van der Waals surface area contributed by atoms with Crippen LogP contribution in [0.15, 0.2) is 42.5 Å². The van der Waals surface area contributed by atoms with Crippen LogP contribution in [0.4, 0.5) is 0 Å². The lowest BCUT2D eigenvalue weighted by Crippen LogP contribution is -2.78. The number of phenols is 1. The van der Waals surface area contributed by atoms with Crippen molar-refractivity contribution in [3.8, 4) is 11.5 Å². The average molecular weight is 558 g/mol. The number of hydrogen-bond donors (Lipinski definition) is 2. The zero-order valence-corrected chi connectivity index (χ0v) is 23.0. The molecule has 38 heavy (non-hydrogen) atoms. The average Bonchev–Trinajstić information content (AvgIpc) is 3.63. The number of nitrogens with zero attached hydrogens (tertiary/aromatic N) is 2. The number of benzene rings is 2. The van der Waals surface area contributed by atoms with E-state index < -0.39 is 17.1 Å². The summed E-state index contributed by atoms with van der Waals surface area (Å²) >= 11 is 5.99. The van der Waals surface area contributed by atoms with E-state index >= 15 is 0 Å². The Morgan fingerprint density at radius 1 is 1.18 bits per heavy atom. The molecular weight excluding hydrogens is 523 g/mol. The Morgan fingerprint density at radius 2 is 1.95 bits per heavy atom. The van der Waals surface area contributed by atoms with Crippen molar-refractivity contribution in [1.82, 2.24) is 9.80 Å². The second-order valence-corrected chi connectivity index (χ2v) is 12.2. The highest BCUT2D eigenvalue weighted by Crippen LogP contribution is 2.66. The van der Waals surface area contributed by atoms with E-state index in [9.17, 15) is 15.0 Å². The SMILES string of the molecule is CN(C(=O)C=Cc1ccc(Cl)cc1)[C@@H]1CC[C@@]2(O)[C@H]3Cc4ccc(O)c5c4[C@@]2(CCN3CC2CC2)[C@H]1O5.Cl. The molecule has 8 heteroatoms. The molecule has 5 atom stereocenters. The number of likely N-dealkylation sites (N-methyl/N-ethyl adjacent to an activating group) is 1. The minimum Gasteiger partial charge on any atom is -0.504 e. The van der Waals surface area contributed by atoms with Gasteiger partial charge in [0.15, 0.2) is 11.5 Å². The molecule has 0 aromatic heterocycles. The molecule has 2 heterocycles. The van der Waals surface area contributed by atoms with E-state index in [0.717, 1.165) is 43.0 Å². The third-order valence-corrected chi connectivity index (χ3v) is 10.1. The summed E-state index contributed by atoms with van der Waals surface area (Å²) in [6.45, 7) is 1.95. The number of aromatic hydroxyl groups is 1. The van der Waals surface area contributed by atoms with E-state index in [1.807, 2.05) is 25.2 Å². The molecule has 2 aromatic rings.